The Morgan fingerprint density at radius 2 is 1.58 bits per heavy atom. The second-order valence-corrected chi connectivity index (χ2v) is 4.05. The van der Waals surface area contributed by atoms with Gasteiger partial charge in [-0.05, 0) is 12.8 Å². The number of aliphatic hydroxyl groups is 2. The molecule has 0 spiro atoms. The van der Waals surface area contributed by atoms with E-state index in [4.69, 9.17) is 0 Å². The summed E-state index contributed by atoms with van der Waals surface area (Å²) in [5.41, 5.74) is -0.370. The van der Waals surface area contributed by atoms with Gasteiger partial charge in [0.2, 0.25) is 0 Å². The fraction of sp³-hybridized carbons (Fsp3) is 1.00. The normalized spacial score (nSPS) is 17.5. The minimum Gasteiger partial charge on any atom is -0.392 e. The molecule has 0 aromatic rings. The van der Waals surface area contributed by atoms with Gasteiger partial charge in [0.05, 0.1) is 12.2 Å². The molecule has 2 N–H and O–H groups in total. The first kappa shape index (κ1) is 11.9. The summed E-state index contributed by atoms with van der Waals surface area (Å²) in [6.45, 7) is 7.81. The average Bonchev–Trinajstić information content (AvgIpc) is 2.03. The van der Waals surface area contributed by atoms with Crippen LogP contribution in [0.2, 0.25) is 0 Å². The highest BCUT2D eigenvalue weighted by atomic mass is 16.3. The summed E-state index contributed by atoms with van der Waals surface area (Å²) in [4.78, 5) is 0. The zero-order valence-corrected chi connectivity index (χ0v) is 8.67. The molecule has 0 bridgehead atoms. The minimum atomic E-state index is -0.404. The molecule has 2 nitrogen and oxygen atoms in total. The topological polar surface area (TPSA) is 40.5 Å². The van der Waals surface area contributed by atoms with Gasteiger partial charge in [-0.15, -0.1) is 0 Å². The third-order valence-corrected chi connectivity index (χ3v) is 2.67. The van der Waals surface area contributed by atoms with Crippen molar-refractivity contribution >= 4 is 0 Å². The van der Waals surface area contributed by atoms with Crippen LogP contribution in [-0.2, 0) is 0 Å². The monoisotopic (exact) mass is 174 g/mol. The van der Waals surface area contributed by atoms with Crippen molar-refractivity contribution in [3.05, 3.63) is 0 Å². The molecular weight excluding hydrogens is 152 g/mol. The minimum absolute atomic E-state index is 0.370. The number of hydrogen-bond acceptors (Lipinski definition) is 2. The highest BCUT2D eigenvalue weighted by Crippen LogP contribution is 2.29. The molecular formula is C10H22O2. The van der Waals surface area contributed by atoms with E-state index < -0.39 is 12.2 Å². The van der Waals surface area contributed by atoms with Crippen molar-refractivity contribution in [2.75, 3.05) is 0 Å². The first-order valence-electron chi connectivity index (χ1n) is 4.82. The van der Waals surface area contributed by atoms with E-state index in [1.165, 1.54) is 0 Å². The van der Waals surface area contributed by atoms with Gasteiger partial charge in [0, 0.05) is 5.41 Å². The van der Waals surface area contributed by atoms with E-state index in [0.717, 1.165) is 12.8 Å². The van der Waals surface area contributed by atoms with Crippen LogP contribution in [0.25, 0.3) is 0 Å². The molecule has 0 radical (unpaired) electrons. The highest BCUT2D eigenvalue weighted by Gasteiger charge is 2.33. The molecule has 0 rings (SSSR count). The predicted octanol–water partition coefficient (Wildman–Crippen LogP) is 1.94. The second kappa shape index (κ2) is 4.83. The van der Waals surface area contributed by atoms with E-state index in [1.807, 2.05) is 27.7 Å². The summed E-state index contributed by atoms with van der Waals surface area (Å²) in [5.74, 6) is 0. The van der Waals surface area contributed by atoms with Crippen molar-refractivity contribution in [2.45, 2.75) is 59.2 Å². The molecule has 2 unspecified atom stereocenters. The summed E-state index contributed by atoms with van der Waals surface area (Å²) in [5, 5.41) is 19.3. The van der Waals surface area contributed by atoms with Crippen LogP contribution in [0.15, 0.2) is 0 Å². The summed E-state index contributed by atoms with van der Waals surface area (Å²) in [6.07, 6.45) is 1.63. The quantitative estimate of drug-likeness (QED) is 0.668. The summed E-state index contributed by atoms with van der Waals surface area (Å²) in [7, 11) is 0. The van der Waals surface area contributed by atoms with Crippen LogP contribution in [0.1, 0.15) is 47.0 Å². The Kier molecular flexibility index (Phi) is 4.80. The Morgan fingerprint density at radius 1 is 1.08 bits per heavy atom. The van der Waals surface area contributed by atoms with Gasteiger partial charge in [-0.2, -0.15) is 0 Å². The fourth-order valence-electron chi connectivity index (χ4n) is 1.39. The lowest BCUT2D eigenvalue weighted by Crippen LogP contribution is -2.40. The van der Waals surface area contributed by atoms with E-state index >= 15 is 0 Å². The van der Waals surface area contributed by atoms with Crippen LogP contribution in [0.5, 0.6) is 0 Å². The van der Waals surface area contributed by atoms with E-state index in [2.05, 4.69) is 0 Å². The maximum Gasteiger partial charge on any atom is 0.0615 e. The Bertz CT molecular complexity index is 121. The maximum atomic E-state index is 9.72. The van der Waals surface area contributed by atoms with E-state index in [9.17, 15) is 10.2 Å². The van der Waals surface area contributed by atoms with Crippen LogP contribution >= 0.6 is 0 Å². The van der Waals surface area contributed by atoms with Crippen molar-refractivity contribution < 1.29 is 10.2 Å². The molecule has 74 valence electrons. The largest absolute Gasteiger partial charge is 0.392 e. The molecule has 0 fully saturated rings. The number of aliphatic hydroxyl groups excluding tert-OH is 2. The molecule has 12 heavy (non-hydrogen) atoms. The molecule has 0 aliphatic carbocycles. The van der Waals surface area contributed by atoms with E-state index in [-0.39, 0.29) is 5.41 Å². The molecule has 0 aromatic carbocycles. The standard InChI is InChI=1S/C10H22O2/c1-5-7-9(12)10(3,4)8(11)6-2/h8-9,11-12H,5-7H2,1-4H3. The summed E-state index contributed by atoms with van der Waals surface area (Å²) < 4.78 is 0. The van der Waals surface area contributed by atoms with Crippen LogP contribution in [0.3, 0.4) is 0 Å². The third kappa shape index (κ3) is 2.76. The van der Waals surface area contributed by atoms with Gasteiger partial charge in [-0.3, -0.25) is 0 Å². The van der Waals surface area contributed by atoms with Crippen molar-refractivity contribution in [1.82, 2.24) is 0 Å². The molecule has 0 aliphatic heterocycles. The van der Waals surface area contributed by atoms with Crippen molar-refractivity contribution in [3.63, 3.8) is 0 Å². The zero-order valence-electron chi connectivity index (χ0n) is 8.67. The van der Waals surface area contributed by atoms with Crippen LogP contribution in [-0.4, -0.2) is 22.4 Å². The molecule has 0 saturated carbocycles. The van der Waals surface area contributed by atoms with Gasteiger partial charge >= 0.3 is 0 Å². The maximum absolute atomic E-state index is 9.72. The van der Waals surface area contributed by atoms with Gasteiger partial charge in [0.25, 0.3) is 0 Å². The Hall–Kier alpha value is -0.0800. The molecule has 0 heterocycles. The van der Waals surface area contributed by atoms with Crippen molar-refractivity contribution in [3.8, 4) is 0 Å². The van der Waals surface area contributed by atoms with Crippen LogP contribution in [0, 0.1) is 5.41 Å². The summed E-state index contributed by atoms with van der Waals surface area (Å²) in [6, 6.07) is 0. The molecule has 0 aliphatic rings. The Labute approximate surface area is 75.6 Å². The van der Waals surface area contributed by atoms with Crippen LogP contribution < -0.4 is 0 Å². The van der Waals surface area contributed by atoms with Gasteiger partial charge in [-0.25, -0.2) is 0 Å². The van der Waals surface area contributed by atoms with E-state index in [0.29, 0.717) is 6.42 Å². The predicted molar refractivity (Wildman–Crippen MR) is 51.0 cm³/mol. The second-order valence-electron chi connectivity index (χ2n) is 4.05. The molecule has 2 heteroatoms. The van der Waals surface area contributed by atoms with Crippen molar-refractivity contribution in [2.24, 2.45) is 5.41 Å². The van der Waals surface area contributed by atoms with Crippen LogP contribution in [0.4, 0.5) is 0 Å². The average molecular weight is 174 g/mol. The Morgan fingerprint density at radius 3 is 1.92 bits per heavy atom. The van der Waals surface area contributed by atoms with E-state index in [1.54, 1.807) is 0 Å². The Balaban J connectivity index is 4.16. The third-order valence-electron chi connectivity index (χ3n) is 2.67. The molecule has 0 aromatic heterocycles. The van der Waals surface area contributed by atoms with Gasteiger partial charge < -0.3 is 10.2 Å². The molecule has 0 saturated heterocycles. The molecule has 2 atom stereocenters. The van der Waals surface area contributed by atoms with Gasteiger partial charge in [0.15, 0.2) is 0 Å². The highest BCUT2D eigenvalue weighted by molar-refractivity contribution is 4.83. The lowest BCUT2D eigenvalue weighted by Gasteiger charge is -2.34. The smallest absolute Gasteiger partial charge is 0.0615 e. The summed E-state index contributed by atoms with van der Waals surface area (Å²) >= 11 is 0. The van der Waals surface area contributed by atoms with Crippen molar-refractivity contribution in [1.29, 1.82) is 0 Å². The fourth-order valence-corrected chi connectivity index (χ4v) is 1.39. The molecule has 0 amide bonds. The number of rotatable bonds is 5. The first-order chi connectivity index (χ1) is 5.46. The van der Waals surface area contributed by atoms with Gasteiger partial charge in [0.1, 0.15) is 0 Å². The number of hydrogen-bond donors (Lipinski definition) is 2. The van der Waals surface area contributed by atoms with Gasteiger partial charge in [-0.1, -0.05) is 34.1 Å². The SMILES string of the molecule is CCCC(O)C(C)(C)C(O)CC. The lowest BCUT2D eigenvalue weighted by atomic mass is 9.78. The lowest BCUT2D eigenvalue weighted by molar-refractivity contribution is -0.0519. The first-order valence-corrected chi connectivity index (χ1v) is 4.82. The zero-order chi connectivity index (χ0) is 9.78.